The molecule has 164 valence electrons. The number of aryl methyl sites for hydroxylation is 1. The van der Waals surface area contributed by atoms with E-state index in [9.17, 15) is 8.42 Å². The van der Waals surface area contributed by atoms with E-state index in [1.54, 1.807) is 12.1 Å². The van der Waals surface area contributed by atoms with E-state index in [2.05, 4.69) is 40.8 Å². The Labute approximate surface area is 185 Å². The summed E-state index contributed by atoms with van der Waals surface area (Å²) in [5, 5.41) is 3.16. The van der Waals surface area contributed by atoms with Crippen molar-refractivity contribution in [1.29, 1.82) is 0 Å². The van der Waals surface area contributed by atoms with E-state index in [0.717, 1.165) is 18.9 Å². The van der Waals surface area contributed by atoms with Crippen molar-refractivity contribution in [1.82, 2.24) is 14.7 Å². The first-order valence-electron chi connectivity index (χ1n) is 9.73. The minimum absolute atomic E-state index is 0.103. The lowest BCUT2D eigenvalue weighted by Crippen LogP contribution is -2.37. The van der Waals surface area contributed by atoms with Crippen molar-refractivity contribution in [2.45, 2.75) is 18.7 Å². The van der Waals surface area contributed by atoms with Crippen LogP contribution in [0.4, 0.5) is 11.6 Å². The van der Waals surface area contributed by atoms with Crippen LogP contribution in [-0.4, -0.2) is 64.4 Å². The van der Waals surface area contributed by atoms with Crippen molar-refractivity contribution in [2.75, 3.05) is 56.2 Å². The van der Waals surface area contributed by atoms with Gasteiger partial charge in [-0.2, -0.15) is 0 Å². The lowest BCUT2D eigenvalue weighted by molar-refractivity contribution is 0.122. The normalized spacial score (nSPS) is 14.6. The number of benzene rings is 1. The van der Waals surface area contributed by atoms with Gasteiger partial charge in [0.25, 0.3) is 0 Å². The summed E-state index contributed by atoms with van der Waals surface area (Å²) in [6.45, 7) is 7.50. The van der Waals surface area contributed by atoms with E-state index in [1.165, 1.54) is 6.07 Å². The highest BCUT2D eigenvalue weighted by molar-refractivity contribution is 9.10. The van der Waals surface area contributed by atoms with Crippen LogP contribution in [0.3, 0.4) is 0 Å². The molecule has 0 unspecified atom stereocenters. The van der Waals surface area contributed by atoms with Crippen molar-refractivity contribution in [3.63, 3.8) is 0 Å². The SMILES string of the molecule is CCOc1ccc(Br)cc1S(=O)(=O)NCCNc1cc(N2CCOCC2)nc(C)n1. The number of anilines is 2. The maximum absolute atomic E-state index is 12.7. The first-order valence-corrected chi connectivity index (χ1v) is 12.0. The molecule has 1 aromatic heterocycles. The maximum Gasteiger partial charge on any atom is 0.244 e. The van der Waals surface area contributed by atoms with Crippen molar-refractivity contribution < 1.29 is 17.9 Å². The molecule has 0 aliphatic carbocycles. The van der Waals surface area contributed by atoms with E-state index in [0.29, 0.717) is 48.2 Å². The van der Waals surface area contributed by atoms with Gasteiger partial charge in [0.05, 0.1) is 19.8 Å². The molecule has 0 atom stereocenters. The third-order valence-electron chi connectivity index (χ3n) is 4.38. The molecular weight excluding hydrogens is 474 g/mol. The summed E-state index contributed by atoms with van der Waals surface area (Å²) >= 11 is 3.31. The molecule has 30 heavy (non-hydrogen) atoms. The average Bonchev–Trinajstić information content (AvgIpc) is 2.73. The second-order valence-corrected chi connectivity index (χ2v) is 9.26. The van der Waals surface area contributed by atoms with Crippen LogP contribution in [0.2, 0.25) is 0 Å². The third kappa shape index (κ3) is 6.03. The molecule has 2 heterocycles. The van der Waals surface area contributed by atoms with Gasteiger partial charge in [0.1, 0.15) is 28.1 Å². The fourth-order valence-corrected chi connectivity index (χ4v) is 4.73. The monoisotopic (exact) mass is 499 g/mol. The number of hydrogen-bond donors (Lipinski definition) is 2. The minimum atomic E-state index is -3.72. The smallest absolute Gasteiger partial charge is 0.244 e. The zero-order valence-electron chi connectivity index (χ0n) is 17.0. The Morgan fingerprint density at radius 3 is 2.70 bits per heavy atom. The second-order valence-electron chi connectivity index (χ2n) is 6.61. The molecule has 1 aliphatic rings. The van der Waals surface area contributed by atoms with E-state index >= 15 is 0 Å². The number of rotatable bonds is 9. The van der Waals surface area contributed by atoms with Crippen LogP contribution < -0.4 is 19.7 Å². The van der Waals surface area contributed by atoms with E-state index in [1.807, 2.05) is 19.9 Å². The molecule has 1 fully saturated rings. The highest BCUT2D eigenvalue weighted by atomic mass is 79.9. The largest absolute Gasteiger partial charge is 0.492 e. The van der Waals surface area contributed by atoms with Crippen molar-refractivity contribution in [3.8, 4) is 5.75 Å². The number of nitrogens with zero attached hydrogens (tertiary/aromatic N) is 3. The van der Waals surface area contributed by atoms with Gasteiger partial charge in [-0.3, -0.25) is 0 Å². The van der Waals surface area contributed by atoms with E-state index in [4.69, 9.17) is 9.47 Å². The molecule has 11 heteroatoms. The Morgan fingerprint density at radius 1 is 1.20 bits per heavy atom. The van der Waals surface area contributed by atoms with Crippen LogP contribution in [0.5, 0.6) is 5.75 Å². The first-order chi connectivity index (χ1) is 14.4. The van der Waals surface area contributed by atoms with Gasteiger partial charge in [-0.25, -0.2) is 23.1 Å². The van der Waals surface area contributed by atoms with Crippen LogP contribution in [-0.2, 0) is 14.8 Å². The Bertz CT molecular complexity index is 967. The van der Waals surface area contributed by atoms with Gasteiger partial charge < -0.3 is 19.7 Å². The third-order valence-corrected chi connectivity index (χ3v) is 6.35. The standard InChI is InChI=1S/C19H26BrN5O4S/c1-3-29-16-5-4-15(20)12-17(16)30(26,27)22-7-6-21-18-13-19(24-14(2)23-18)25-8-10-28-11-9-25/h4-5,12-13,22H,3,6-11H2,1-2H3,(H,21,23,24). The second kappa shape index (κ2) is 10.4. The Balaban J connectivity index is 1.61. The lowest BCUT2D eigenvalue weighted by Gasteiger charge is -2.28. The summed E-state index contributed by atoms with van der Waals surface area (Å²) in [5.41, 5.74) is 0. The summed E-state index contributed by atoms with van der Waals surface area (Å²) in [6.07, 6.45) is 0. The molecule has 2 N–H and O–H groups in total. The fourth-order valence-electron chi connectivity index (χ4n) is 3.02. The summed E-state index contributed by atoms with van der Waals surface area (Å²) < 4.78 is 39.5. The maximum atomic E-state index is 12.7. The zero-order chi connectivity index (χ0) is 21.6. The Kier molecular flexibility index (Phi) is 7.87. The quantitative estimate of drug-likeness (QED) is 0.505. The van der Waals surface area contributed by atoms with Crippen molar-refractivity contribution in [2.24, 2.45) is 0 Å². The number of aromatic nitrogens is 2. The van der Waals surface area contributed by atoms with Gasteiger partial charge in [0.15, 0.2) is 0 Å². The van der Waals surface area contributed by atoms with Gasteiger partial charge in [-0.15, -0.1) is 0 Å². The highest BCUT2D eigenvalue weighted by Gasteiger charge is 2.20. The number of halogens is 1. The van der Waals surface area contributed by atoms with Crippen molar-refractivity contribution in [3.05, 3.63) is 34.6 Å². The summed E-state index contributed by atoms with van der Waals surface area (Å²) in [6, 6.07) is 6.78. The highest BCUT2D eigenvalue weighted by Crippen LogP contribution is 2.27. The molecule has 0 bridgehead atoms. The molecule has 1 aromatic carbocycles. The number of nitrogens with one attached hydrogen (secondary N) is 2. The van der Waals surface area contributed by atoms with Gasteiger partial charge >= 0.3 is 0 Å². The molecule has 1 saturated heterocycles. The van der Waals surface area contributed by atoms with Crippen LogP contribution in [0.15, 0.2) is 33.6 Å². The number of ether oxygens (including phenoxy) is 2. The summed E-state index contributed by atoms with van der Waals surface area (Å²) in [7, 11) is -3.72. The van der Waals surface area contributed by atoms with Crippen LogP contribution in [0.1, 0.15) is 12.7 Å². The lowest BCUT2D eigenvalue weighted by atomic mass is 10.3. The predicted molar refractivity (Wildman–Crippen MR) is 119 cm³/mol. The zero-order valence-corrected chi connectivity index (χ0v) is 19.4. The molecule has 1 aliphatic heterocycles. The number of hydrogen-bond acceptors (Lipinski definition) is 8. The van der Waals surface area contributed by atoms with Gasteiger partial charge in [0.2, 0.25) is 10.0 Å². The van der Waals surface area contributed by atoms with E-state index < -0.39 is 10.0 Å². The van der Waals surface area contributed by atoms with Gasteiger partial charge in [-0.05, 0) is 32.0 Å². The molecule has 0 spiro atoms. The number of sulfonamides is 1. The molecule has 2 aromatic rings. The molecule has 0 saturated carbocycles. The number of morpholine rings is 1. The predicted octanol–water partition coefficient (Wildman–Crippen LogP) is 2.17. The molecular formula is C19H26BrN5O4S. The molecule has 3 rings (SSSR count). The molecule has 0 amide bonds. The molecule has 9 nitrogen and oxygen atoms in total. The van der Waals surface area contributed by atoms with Gasteiger partial charge in [-0.1, -0.05) is 15.9 Å². The average molecular weight is 500 g/mol. The Morgan fingerprint density at radius 2 is 1.97 bits per heavy atom. The van der Waals surface area contributed by atoms with Crippen LogP contribution in [0.25, 0.3) is 0 Å². The van der Waals surface area contributed by atoms with Crippen LogP contribution in [0, 0.1) is 6.92 Å². The van der Waals surface area contributed by atoms with E-state index in [-0.39, 0.29) is 11.4 Å². The first kappa shape index (κ1) is 22.7. The van der Waals surface area contributed by atoms with Crippen molar-refractivity contribution >= 4 is 37.6 Å². The topological polar surface area (TPSA) is 106 Å². The molecule has 0 radical (unpaired) electrons. The van der Waals surface area contributed by atoms with Crippen LogP contribution >= 0.6 is 15.9 Å². The summed E-state index contributed by atoms with van der Waals surface area (Å²) in [4.78, 5) is 11.1. The fraction of sp³-hybridized carbons (Fsp3) is 0.474. The Hall–Kier alpha value is -1.95. The van der Waals surface area contributed by atoms with Gasteiger partial charge in [0, 0.05) is 36.7 Å². The minimum Gasteiger partial charge on any atom is -0.492 e. The summed E-state index contributed by atoms with van der Waals surface area (Å²) in [5.74, 6) is 2.46.